The Morgan fingerprint density at radius 2 is 1.45 bits per heavy atom. The van der Waals surface area contributed by atoms with Crippen LogP contribution in [0.2, 0.25) is 0 Å². The molecular weight excluding hydrogens is 279 g/mol. The van der Waals surface area contributed by atoms with E-state index in [2.05, 4.69) is 39.8 Å². The highest BCUT2D eigenvalue weighted by molar-refractivity contribution is 6.62. The average Bonchev–Trinajstić information content (AvgIpc) is 2.87. The zero-order chi connectivity index (χ0) is 16.2. The number of benzene rings is 1. The molecule has 120 valence electrons. The molecule has 1 unspecified atom stereocenters. The van der Waals surface area contributed by atoms with Crippen molar-refractivity contribution in [2.45, 2.75) is 64.6 Å². The second-order valence-corrected chi connectivity index (χ2v) is 7.57. The molecule has 0 bridgehead atoms. The maximum Gasteiger partial charge on any atom is 0.494 e. The first kappa shape index (κ1) is 16.0. The average molecular weight is 304 g/mol. The molecule has 0 amide bonds. The first-order valence-corrected chi connectivity index (χ1v) is 7.87. The number of ether oxygens (including phenoxy) is 2. The molecule has 3 rings (SSSR count). The van der Waals surface area contributed by atoms with Crippen LogP contribution in [-0.2, 0) is 18.8 Å². The maximum absolute atomic E-state index is 6.07. The highest BCUT2D eigenvalue weighted by Crippen LogP contribution is 2.37. The second-order valence-electron chi connectivity index (χ2n) is 7.57. The molecule has 1 aromatic carbocycles. The van der Waals surface area contributed by atoms with Crippen LogP contribution in [0.5, 0.6) is 0 Å². The third-order valence-electron chi connectivity index (χ3n) is 4.84. The topological polar surface area (TPSA) is 36.9 Å². The lowest BCUT2D eigenvalue weighted by Gasteiger charge is -2.32. The predicted molar refractivity (Wildman–Crippen MR) is 86.0 cm³/mol. The molecule has 2 aliphatic rings. The number of hydrogen-bond donors (Lipinski definition) is 0. The fourth-order valence-corrected chi connectivity index (χ4v) is 2.70. The summed E-state index contributed by atoms with van der Waals surface area (Å²) in [5.74, 6) is -0.505. The summed E-state index contributed by atoms with van der Waals surface area (Å²) in [6.45, 7) is 12.7. The van der Waals surface area contributed by atoms with Crippen molar-refractivity contribution in [2.75, 3.05) is 6.61 Å². The van der Waals surface area contributed by atoms with Crippen molar-refractivity contribution >= 4 is 12.6 Å². The van der Waals surface area contributed by atoms with Gasteiger partial charge in [-0.1, -0.05) is 24.3 Å². The minimum Gasteiger partial charge on any atom is -0.399 e. The van der Waals surface area contributed by atoms with Gasteiger partial charge in [0.25, 0.3) is 0 Å². The van der Waals surface area contributed by atoms with E-state index in [0.29, 0.717) is 6.61 Å². The van der Waals surface area contributed by atoms with Crippen LogP contribution in [-0.4, -0.2) is 30.7 Å². The molecule has 1 atom stereocenters. The zero-order valence-corrected chi connectivity index (χ0v) is 14.3. The van der Waals surface area contributed by atoms with E-state index in [9.17, 15) is 0 Å². The van der Waals surface area contributed by atoms with Crippen LogP contribution in [0.4, 0.5) is 0 Å². The van der Waals surface area contributed by atoms with Crippen LogP contribution >= 0.6 is 0 Å². The normalized spacial score (nSPS) is 29.0. The van der Waals surface area contributed by atoms with Gasteiger partial charge in [0, 0.05) is 0 Å². The molecule has 2 fully saturated rings. The van der Waals surface area contributed by atoms with Crippen LogP contribution in [0, 0.1) is 0 Å². The molecule has 4 nitrogen and oxygen atoms in total. The molecule has 22 heavy (non-hydrogen) atoms. The molecule has 0 spiro atoms. The number of hydrogen-bond acceptors (Lipinski definition) is 4. The van der Waals surface area contributed by atoms with Crippen molar-refractivity contribution in [2.24, 2.45) is 0 Å². The molecule has 1 aromatic rings. The molecule has 0 radical (unpaired) electrons. The summed E-state index contributed by atoms with van der Waals surface area (Å²) >= 11 is 0. The lowest BCUT2D eigenvalue weighted by Crippen LogP contribution is -2.41. The third-order valence-corrected chi connectivity index (χ3v) is 4.84. The molecule has 2 saturated heterocycles. The fourth-order valence-electron chi connectivity index (χ4n) is 2.70. The summed E-state index contributed by atoms with van der Waals surface area (Å²) in [5.41, 5.74) is 1.51. The lowest BCUT2D eigenvalue weighted by molar-refractivity contribution is -0.139. The van der Waals surface area contributed by atoms with Gasteiger partial charge in [-0.15, -0.1) is 0 Å². The van der Waals surface area contributed by atoms with Gasteiger partial charge in [0.2, 0.25) is 0 Å². The van der Waals surface area contributed by atoms with E-state index in [1.807, 2.05) is 26.0 Å². The second kappa shape index (κ2) is 5.06. The van der Waals surface area contributed by atoms with E-state index in [-0.39, 0.29) is 24.4 Å². The summed E-state index contributed by atoms with van der Waals surface area (Å²) in [4.78, 5) is 0. The lowest BCUT2D eigenvalue weighted by atomic mass is 9.78. The van der Waals surface area contributed by atoms with Crippen LogP contribution in [0.25, 0.3) is 0 Å². The Morgan fingerprint density at radius 1 is 0.909 bits per heavy atom. The van der Waals surface area contributed by atoms with Gasteiger partial charge in [-0.2, -0.15) is 0 Å². The molecular formula is C17H25BO4. The minimum absolute atomic E-state index is 0.0117. The SMILES string of the molecule is CC1(C)OCC(c2ccc(B3OC(C)(C)C(C)(C)O3)cc2)O1. The highest BCUT2D eigenvalue weighted by atomic mass is 16.7. The molecule has 0 saturated carbocycles. The molecule has 2 heterocycles. The quantitative estimate of drug-likeness (QED) is 0.787. The van der Waals surface area contributed by atoms with Crippen molar-refractivity contribution in [3.63, 3.8) is 0 Å². The standard InChI is InChI=1S/C17H25BO4/c1-15(2)16(3,4)22-18(21-15)13-9-7-12(8-10-13)14-11-19-17(5,6)20-14/h7-10,14H,11H2,1-6H3. The van der Waals surface area contributed by atoms with E-state index in [4.69, 9.17) is 18.8 Å². The van der Waals surface area contributed by atoms with E-state index in [1.165, 1.54) is 0 Å². The van der Waals surface area contributed by atoms with Crippen LogP contribution in [0.3, 0.4) is 0 Å². The van der Waals surface area contributed by atoms with Gasteiger partial charge in [-0.25, -0.2) is 0 Å². The van der Waals surface area contributed by atoms with Crippen molar-refractivity contribution < 1.29 is 18.8 Å². The summed E-state index contributed by atoms with van der Waals surface area (Å²) in [6, 6.07) is 8.23. The summed E-state index contributed by atoms with van der Waals surface area (Å²) in [6.07, 6.45) is -0.0117. The molecule has 2 aliphatic heterocycles. The Bertz CT molecular complexity index is 534. The third kappa shape index (κ3) is 2.83. The number of rotatable bonds is 2. The van der Waals surface area contributed by atoms with Crippen molar-refractivity contribution in [1.29, 1.82) is 0 Å². The Labute approximate surface area is 133 Å². The van der Waals surface area contributed by atoms with E-state index >= 15 is 0 Å². The predicted octanol–water partition coefficient (Wildman–Crippen LogP) is 2.81. The van der Waals surface area contributed by atoms with Crippen LogP contribution in [0.15, 0.2) is 24.3 Å². The Kier molecular flexibility index (Phi) is 3.68. The molecule has 0 N–H and O–H groups in total. The molecule has 0 aromatic heterocycles. The summed E-state index contributed by atoms with van der Waals surface area (Å²) in [5, 5.41) is 0. The monoisotopic (exact) mass is 304 g/mol. The van der Waals surface area contributed by atoms with Crippen LogP contribution in [0.1, 0.15) is 53.2 Å². The first-order valence-electron chi connectivity index (χ1n) is 7.87. The Morgan fingerprint density at radius 3 is 1.91 bits per heavy atom. The fraction of sp³-hybridized carbons (Fsp3) is 0.647. The van der Waals surface area contributed by atoms with Gasteiger partial charge < -0.3 is 18.8 Å². The van der Waals surface area contributed by atoms with E-state index in [0.717, 1.165) is 11.0 Å². The van der Waals surface area contributed by atoms with Crippen LogP contribution < -0.4 is 5.46 Å². The van der Waals surface area contributed by atoms with E-state index in [1.54, 1.807) is 0 Å². The van der Waals surface area contributed by atoms with Crippen molar-refractivity contribution in [3.05, 3.63) is 29.8 Å². The van der Waals surface area contributed by atoms with E-state index < -0.39 is 5.79 Å². The Balaban J connectivity index is 1.73. The molecule has 5 heteroatoms. The zero-order valence-electron chi connectivity index (χ0n) is 14.3. The van der Waals surface area contributed by atoms with Gasteiger partial charge in [0.05, 0.1) is 17.8 Å². The summed E-state index contributed by atoms with van der Waals surface area (Å²) < 4.78 is 23.6. The maximum atomic E-state index is 6.07. The summed E-state index contributed by atoms with van der Waals surface area (Å²) in [7, 11) is -0.323. The largest absolute Gasteiger partial charge is 0.494 e. The highest BCUT2D eigenvalue weighted by Gasteiger charge is 2.51. The smallest absolute Gasteiger partial charge is 0.399 e. The van der Waals surface area contributed by atoms with Gasteiger partial charge in [-0.3, -0.25) is 0 Å². The van der Waals surface area contributed by atoms with Gasteiger partial charge in [-0.05, 0) is 52.6 Å². The Hall–Kier alpha value is -0.875. The van der Waals surface area contributed by atoms with Crippen molar-refractivity contribution in [1.82, 2.24) is 0 Å². The minimum atomic E-state index is -0.505. The van der Waals surface area contributed by atoms with Crippen molar-refractivity contribution in [3.8, 4) is 0 Å². The molecule has 0 aliphatic carbocycles. The van der Waals surface area contributed by atoms with Gasteiger partial charge in [0.15, 0.2) is 5.79 Å². The first-order chi connectivity index (χ1) is 10.1. The van der Waals surface area contributed by atoms with Gasteiger partial charge in [0.1, 0.15) is 6.10 Å². The van der Waals surface area contributed by atoms with Gasteiger partial charge >= 0.3 is 7.12 Å².